The fourth-order valence-corrected chi connectivity index (χ4v) is 1.09. The van der Waals surface area contributed by atoms with Crippen LogP contribution in [0.4, 0.5) is 0 Å². The van der Waals surface area contributed by atoms with Crippen LogP contribution in [0.5, 0.6) is 0 Å². The molecule has 0 aliphatic rings. The third kappa shape index (κ3) is 12.9. The molecule has 0 unspecified atom stereocenters. The van der Waals surface area contributed by atoms with Gasteiger partial charge in [0.05, 0.1) is 0 Å². The first kappa shape index (κ1) is 13.4. The maximum atomic E-state index is 10.1. The molecule has 0 amide bonds. The van der Waals surface area contributed by atoms with Crippen molar-refractivity contribution >= 4 is 59.0 Å². The Morgan fingerprint density at radius 2 is 1.89 bits per heavy atom. The van der Waals surface area contributed by atoms with E-state index in [9.17, 15) is 4.57 Å². The minimum atomic E-state index is -3.68. The van der Waals surface area contributed by atoms with Gasteiger partial charge in [-0.1, -0.05) is 13.3 Å². The van der Waals surface area contributed by atoms with Crippen molar-refractivity contribution in [2.45, 2.75) is 19.8 Å². The number of hydrogen-bond acceptors (Lipinski definition) is 1. The molecule has 0 atom stereocenters. The van der Waals surface area contributed by atoms with Crippen molar-refractivity contribution in [2.24, 2.45) is 0 Å². The topological polar surface area (TPSA) is 57.5 Å². The van der Waals surface area contributed by atoms with E-state index in [0.29, 0.717) is 6.42 Å². The molecule has 0 aliphatic heterocycles. The largest absolute Gasteiger partial charge is 0.325 e. The molecule has 0 saturated carbocycles. The van der Waals surface area contributed by atoms with Crippen LogP contribution in [-0.2, 0) is 4.57 Å². The van der Waals surface area contributed by atoms with Gasteiger partial charge in [-0.25, -0.2) is 0 Å². The fraction of sp³-hybridized carbons (Fsp3) is 1.00. The average Bonchev–Trinajstić information content (AvgIpc) is 1.59. The third-order valence-electron chi connectivity index (χ3n) is 0.803. The van der Waals surface area contributed by atoms with E-state index in [0.717, 1.165) is 6.42 Å². The molecule has 0 spiro atoms. The van der Waals surface area contributed by atoms with Gasteiger partial charge in [0.1, 0.15) is 0 Å². The van der Waals surface area contributed by atoms with Gasteiger partial charge in [-0.05, 0) is 6.42 Å². The Hall–Kier alpha value is 1.79. The maximum Gasteiger partial charge on any atom is 0.325 e. The van der Waals surface area contributed by atoms with Crippen molar-refractivity contribution in [3.05, 3.63) is 0 Å². The van der Waals surface area contributed by atoms with Gasteiger partial charge in [0, 0.05) is 57.5 Å². The molecule has 0 heterocycles. The van der Waals surface area contributed by atoms with Crippen LogP contribution in [0.1, 0.15) is 19.8 Å². The molecule has 0 aromatic rings. The van der Waals surface area contributed by atoms with E-state index in [-0.39, 0.29) is 57.5 Å². The van der Waals surface area contributed by atoms with E-state index in [1.165, 1.54) is 0 Å². The summed E-state index contributed by atoms with van der Waals surface area (Å²) in [5.74, 6) is 0. The summed E-state index contributed by atoms with van der Waals surface area (Å²) in [4.78, 5) is 16.5. The third-order valence-corrected chi connectivity index (χ3v) is 1.70. The Morgan fingerprint density at radius 1 is 1.44 bits per heavy atom. The standard InChI is InChI=1S/C4H11O3P.K/c1-2-3-4-8(5,6)7;/h2-4H2,1H3,(H2,5,6,7);. The van der Waals surface area contributed by atoms with Gasteiger partial charge < -0.3 is 9.79 Å². The van der Waals surface area contributed by atoms with E-state index in [1.807, 2.05) is 6.92 Å². The summed E-state index contributed by atoms with van der Waals surface area (Å²) in [6, 6.07) is 0. The van der Waals surface area contributed by atoms with Crippen molar-refractivity contribution in [1.29, 1.82) is 0 Å². The first-order chi connectivity index (χ1) is 3.56. The smallest absolute Gasteiger partial charge is 0.324 e. The van der Waals surface area contributed by atoms with E-state index in [4.69, 9.17) is 9.79 Å². The number of unbranched alkanes of at least 4 members (excludes halogenated alkanes) is 1. The molecule has 5 heteroatoms. The van der Waals surface area contributed by atoms with E-state index in [1.54, 1.807) is 0 Å². The van der Waals surface area contributed by atoms with E-state index < -0.39 is 7.60 Å². The van der Waals surface area contributed by atoms with Gasteiger partial charge in [-0.15, -0.1) is 0 Å². The molecule has 9 heavy (non-hydrogen) atoms. The molecule has 1 radical (unpaired) electrons. The van der Waals surface area contributed by atoms with Crippen LogP contribution < -0.4 is 0 Å². The van der Waals surface area contributed by atoms with E-state index in [2.05, 4.69) is 0 Å². The molecule has 0 aliphatic carbocycles. The van der Waals surface area contributed by atoms with Gasteiger partial charge in [0.15, 0.2) is 0 Å². The second-order valence-corrected chi connectivity index (χ2v) is 3.52. The summed E-state index contributed by atoms with van der Waals surface area (Å²) in [6.45, 7) is 1.90. The first-order valence-corrected chi connectivity index (χ1v) is 4.40. The van der Waals surface area contributed by atoms with Crippen molar-refractivity contribution in [3.63, 3.8) is 0 Å². The quantitative estimate of drug-likeness (QED) is 0.490. The predicted octanol–water partition coefficient (Wildman–Crippen LogP) is 0.583. The van der Waals surface area contributed by atoms with Crippen LogP contribution in [0, 0.1) is 0 Å². The van der Waals surface area contributed by atoms with Crippen molar-refractivity contribution in [2.75, 3.05) is 6.16 Å². The Balaban J connectivity index is 0. The summed E-state index contributed by atoms with van der Waals surface area (Å²) >= 11 is 0. The van der Waals surface area contributed by atoms with Gasteiger partial charge in [0.2, 0.25) is 0 Å². The van der Waals surface area contributed by atoms with Gasteiger partial charge in [-0.2, -0.15) is 0 Å². The maximum absolute atomic E-state index is 10.1. The zero-order valence-electron chi connectivity index (χ0n) is 5.87. The summed E-state index contributed by atoms with van der Waals surface area (Å²) in [5.41, 5.74) is 0. The first-order valence-electron chi connectivity index (χ1n) is 2.61. The molecule has 0 saturated heterocycles. The summed E-state index contributed by atoms with van der Waals surface area (Å²) in [7, 11) is -3.68. The van der Waals surface area contributed by atoms with Gasteiger partial charge >= 0.3 is 7.60 Å². The molecule has 0 rings (SSSR count). The van der Waals surface area contributed by atoms with Crippen molar-refractivity contribution < 1.29 is 14.4 Å². The molecule has 0 fully saturated rings. The molecular weight excluding hydrogens is 166 g/mol. The van der Waals surface area contributed by atoms with Crippen LogP contribution in [-0.4, -0.2) is 67.3 Å². The Kier molecular flexibility index (Phi) is 9.65. The molecule has 0 aromatic carbocycles. The Morgan fingerprint density at radius 3 is 2.00 bits per heavy atom. The molecule has 0 aromatic heterocycles. The van der Waals surface area contributed by atoms with Crippen LogP contribution in [0.25, 0.3) is 0 Å². The van der Waals surface area contributed by atoms with E-state index >= 15 is 0 Å². The SMILES string of the molecule is CCCCP(=O)(O)O.[K]. The minimum Gasteiger partial charge on any atom is -0.324 e. The summed E-state index contributed by atoms with van der Waals surface area (Å²) in [6.07, 6.45) is 1.49. The summed E-state index contributed by atoms with van der Waals surface area (Å²) in [5, 5.41) is 0. The average molecular weight is 177 g/mol. The molecule has 51 valence electrons. The molecule has 2 N–H and O–H groups in total. The monoisotopic (exact) mass is 177 g/mol. The van der Waals surface area contributed by atoms with Crippen LogP contribution in [0.2, 0.25) is 0 Å². The zero-order chi connectivity index (χ0) is 6.62. The second-order valence-electron chi connectivity index (χ2n) is 1.74. The predicted molar refractivity (Wildman–Crippen MR) is 37.6 cm³/mol. The van der Waals surface area contributed by atoms with Crippen molar-refractivity contribution in [1.82, 2.24) is 0 Å². The normalized spacial score (nSPS) is 10.6. The van der Waals surface area contributed by atoms with Crippen molar-refractivity contribution in [3.8, 4) is 0 Å². The molecule has 0 bridgehead atoms. The minimum absolute atomic E-state index is 0. The second kappa shape index (κ2) is 6.49. The van der Waals surface area contributed by atoms with Crippen LogP contribution in [0.15, 0.2) is 0 Å². The number of rotatable bonds is 3. The van der Waals surface area contributed by atoms with Crippen LogP contribution in [0.3, 0.4) is 0 Å². The molecule has 3 nitrogen and oxygen atoms in total. The Labute approximate surface area is 97.8 Å². The van der Waals surface area contributed by atoms with Gasteiger partial charge in [-0.3, -0.25) is 4.57 Å². The Bertz CT molecular complexity index is 100.0. The van der Waals surface area contributed by atoms with Crippen LogP contribution >= 0.6 is 7.60 Å². The fourth-order valence-electron chi connectivity index (χ4n) is 0.364. The zero-order valence-corrected chi connectivity index (χ0v) is 9.89. The summed E-state index contributed by atoms with van der Waals surface area (Å²) < 4.78 is 10.1. The molecular formula is C4H11KO3P. The number of hydrogen-bond donors (Lipinski definition) is 2. The van der Waals surface area contributed by atoms with Gasteiger partial charge in [0.25, 0.3) is 0 Å².